The first-order chi connectivity index (χ1) is 19.0. The normalized spacial score (nSPS) is 12.3. The lowest BCUT2D eigenvalue weighted by atomic mass is 10.0. The topological polar surface area (TPSA) is 92.3 Å². The van der Waals surface area contributed by atoms with Gasteiger partial charge in [0.05, 0.1) is 11.7 Å². The van der Waals surface area contributed by atoms with Crippen molar-refractivity contribution in [2.45, 2.75) is 30.3 Å². The smallest absolute Gasteiger partial charge is 0.243 e. The number of aromatic nitrogens is 2. The Hall–Kier alpha value is -3.92. The molecule has 39 heavy (non-hydrogen) atoms. The van der Waals surface area contributed by atoms with Crippen LogP contribution in [0.2, 0.25) is 0 Å². The summed E-state index contributed by atoms with van der Waals surface area (Å²) in [5, 5.41) is 0. The Kier molecular flexibility index (Phi) is 8.41. The third kappa shape index (κ3) is 6.75. The number of sulfonamides is 1. The number of nitrogens with zero attached hydrogens (tertiary/aromatic N) is 3. The van der Waals surface area contributed by atoms with E-state index in [2.05, 4.69) is 13.5 Å². The van der Waals surface area contributed by atoms with Gasteiger partial charge >= 0.3 is 0 Å². The summed E-state index contributed by atoms with van der Waals surface area (Å²) in [4.78, 5) is 15.9. The van der Waals surface area contributed by atoms with Gasteiger partial charge in [-0.3, -0.25) is 4.79 Å². The molecule has 1 unspecified atom stereocenters. The van der Waals surface area contributed by atoms with Crippen molar-refractivity contribution in [1.82, 2.24) is 18.4 Å². The third-order valence-electron chi connectivity index (χ3n) is 6.46. The zero-order valence-electron chi connectivity index (χ0n) is 21.2. The summed E-state index contributed by atoms with van der Waals surface area (Å²) in [5.74, 6) is -0.286. The van der Waals surface area contributed by atoms with Crippen molar-refractivity contribution in [3.8, 4) is 0 Å². The molecule has 0 spiro atoms. The van der Waals surface area contributed by atoms with Crippen LogP contribution in [-0.4, -0.2) is 40.6 Å². The molecule has 5 aromatic rings. The van der Waals surface area contributed by atoms with Crippen LogP contribution in [0.15, 0.2) is 114 Å². The highest BCUT2D eigenvalue weighted by atomic mass is 32.2. The fourth-order valence-electron chi connectivity index (χ4n) is 4.48. The molecule has 0 fully saturated rings. The van der Waals surface area contributed by atoms with E-state index in [1.807, 2.05) is 91.0 Å². The van der Waals surface area contributed by atoms with E-state index in [1.54, 1.807) is 17.0 Å². The molecule has 1 amide bonds. The van der Waals surface area contributed by atoms with Gasteiger partial charge in [-0.25, -0.2) is 8.42 Å². The van der Waals surface area contributed by atoms with Crippen LogP contribution in [0.25, 0.3) is 11.0 Å². The average Bonchev–Trinajstić information content (AvgIpc) is 3.45. The molecule has 0 aliphatic heterocycles. The monoisotopic (exact) mass is 556 g/mol. The Labute approximate surface area is 232 Å². The second-order valence-electron chi connectivity index (χ2n) is 9.23. The second-order valence-corrected chi connectivity index (χ2v) is 11.4. The van der Waals surface area contributed by atoms with Gasteiger partial charge in [-0.1, -0.05) is 97.1 Å². The van der Waals surface area contributed by atoms with Crippen molar-refractivity contribution in [3.63, 3.8) is 0 Å². The Balaban J connectivity index is 1.47. The van der Waals surface area contributed by atoms with Crippen LogP contribution in [0.3, 0.4) is 0 Å². The van der Waals surface area contributed by atoms with E-state index >= 15 is 0 Å². The van der Waals surface area contributed by atoms with Gasteiger partial charge in [0, 0.05) is 13.1 Å². The third-order valence-corrected chi connectivity index (χ3v) is 8.50. The molecule has 0 saturated carbocycles. The van der Waals surface area contributed by atoms with Crippen molar-refractivity contribution < 1.29 is 13.2 Å². The number of carbonyl (C=O) groups is 1. The van der Waals surface area contributed by atoms with Gasteiger partial charge in [0.25, 0.3) is 0 Å². The maximum absolute atomic E-state index is 14.2. The second kappa shape index (κ2) is 12.3. The molecule has 0 bridgehead atoms. The van der Waals surface area contributed by atoms with Crippen LogP contribution in [0.5, 0.6) is 0 Å². The molecule has 0 radical (unpaired) electrons. The summed E-state index contributed by atoms with van der Waals surface area (Å²) >= 11 is 0.954. The average molecular weight is 557 g/mol. The largest absolute Gasteiger partial charge is 0.337 e. The number of hydrogen-bond donors (Lipinski definition) is 1. The van der Waals surface area contributed by atoms with Gasteiger partial charge < -0.3 is 4.90 Å². The van der Waals surface area contributed by atoms with Crippen molar-refractivity contribution in [3.05, 3.63) is 126 Å². The van der Waals surface area contributed by atoms with Gasteiger partial charge in [-0.05, 0) is 41.7 Å². The Bertz CT molecular complexity index is 1630. The van der Waals surface area contributed by atoms with E-state index in [-0.39, 0.29) is 17.2 Å². The lowest BCUT2D eigenvalue weighted by Gasteiger charge is -2.28. The van der Waals surface area contributed by atoms with Crippen LogP contribution >= 0.6 is 11.7 Å². The number of nitrogens with one attached hydrogen (secondary N) is 1. The number of rotatable bonds is 11. The lowest BCUT2D eigenvalue weighted by molar-refractivity contribution is -0.133. The minimum atomic E-state index is -4.09. The van der Waals surface area contributed by atoms with Crippen LogP contribution < -0.4 is 4.72 Å². The number of carbonyl (C=O) groups excluding carboxylic acids is 1. The molecule has 5 rings (SSSR count). The van der Waals surface area contributed by atoms with Crippen LogP contribution in [-0.2, 0) is 34.2 Å². The molecule has 7 nitrogen and oxygen atoms in total. The molecule has 1 heterocycles. The summed E-state index contributed by atoms with van der Waals surface area (Å²) in [6, 6.07) is 32.9. The Morgan fingerprint density at radius 1 is 0.769 bits per heavy atom. The molecular weight excluding hydrogens is 528 g/mol. The molecule has 1 aromatic heterocycles. The molecule has 198 valence electrons. The van der Waals surface area contributed by atoms with Crippen LogP contribution in [0, 0.1) is 0 Å². The summed E-state index contributed by atoms with van der Waals surface area (Å²) in [6.45, 7) is 0.807. The van der Waals surface area contributed by atoms with E-state index in [1.165, 1.54) is 6.07 Å². The van der Waals surface area contributed by atoms with Gasteiger partial charge in [0.1, 0.15) is 22.0 Å². The fourth-order valence-corrected chi connectivity index (χ4v) is 6.43. The minimum absolute atomic E-state index is 0.0125. The molecule has 9 heteroatoms. The highest BCUT2D eigenvalue weighted by molar-refractivity contribution is 7.89. The highest BCUT2D eigenvalue weighted by Gasteiger charge is 2.31. The number of fused-ring (bicyclic) bond motifs is 1. The van der Waals surface area contributed by atoms with Gasteiger partial charge in [-0.15, -0.1) is 0 Å². The number of benzene rings is 4. The Morgan fingerprint density at radius 3 is 2.05 bits per heavy atom. The van der Waals surface area contributed by atoms with E-state index < -0.39 is 16.1 Å². The number of hydrogen-bond acceptors (Lipinski definition) is 6. The van der Waals surface area contributed by atoms with E-state index in [0.29, 0.717) is 30.5 Å². The zero-order chi connectivity index (χ0) is 27.1. The molecule has 4 aromatic carbocycles. The SMILES string of the molecule is O=C(C(Cc1ccccc1)NS(=O)(=O)c1cccc2nsnc12)N(CCc1ccccc1)Cc1ccccc1. The highest BCUT2D eigenvalue weighted by Crippen LogP contribution is 2.22. The van der Waals surface area contributed by atoms with Gasteiger partial charge in [-0.2, -0.15) is 13.5 Å². The molecule has 0 saturated heterocycles. The van der Waals surface area contributed by atoms with Crippen molar-refractivity contribution >= 4 is 38.7 Å². The summed E-state index contributed by atoms with van der Waals surface area (Å²) in [7, 11) is -4.09. The van der Waals surface area contributed by atoms with Crippen molar-refractivity contribution in [2.75, 3.05) is 6.54 Å². The maximum atomic E-state index is 14.2. The van der Waals surface area contributed by atoms with Gasteiger partial charge in [0.15, 0.2) is 0 Å². The summed E-state index contributed by atoms with van der Waals surface area (Å²) < 4.78 is 38.4. The summed E-state index contributed by atoms with van der Waals surface area (Å²) in [6.07, 6.45) is 0.856. The molecule has 0 aliphatic carbocycles. The van der Waals surface area contributed by atoms with Crippen LogP contribution in [0.4, 0.5) is 0 Å². The summed E-state index contributed by atoms with van der Waals surface area (Å²) in [5.41, 5.74) is 3.73. The quantitative estimate of drug-likeness (QED) is 0.251. The molecule has 1 N–H and O–H groups in total. The van der Waals surface area contributed by atoms with E-state index in [9.17, 15) is 13.2 Å². The van der Waals surface area contributed by atoms with E-state index in [4.69, 9.17) is 0 Å². The first-order valence-electron chi connectivity index (χ1n) is 12.6. The lowest BCUT2D eigenvalue weighted by Crippen LogP contribution is -2.50. The molecular formula is C30H28N4O3S2. The minimum Gasteiger partial charge on any atom is -0.337 e. The van der Waals surface area contributed by atoms with Crippen molar-refractivity contribution in [2.24, 2.45) is 0 Å². The molecule has 0 aliphatic rings. The van der Waals surface area contributed by atoms with Crippen molar-refractivity contribution in [1.29, 1.82) is 0 Å². The molecule has 1 atom stereocenters. The predicted molar refractivity (Wildman–Crippen MR) is 154 cm³/mol. The van der Waals surface area contributed by atoms with E-state index in [0.717, 1.165) is 28.4 Å². The maximum Gasteiger partial charge on any atom is 0.243 e. The van der Waals surface area contributed by atoms with Gasteiger partial charge in [0.2, 0.25) is 15.9 Å². The first-order valence-corrected chi connectivity index (χ1v) is 14.8. The first kappa shape index (κ1) is 26.7. The fraction of sp³-hybridized carbons (Fsp3) is 0.167. The Morgan fingerprint density at radius 2 is 1.38 bits per heavy atom. The number of amides is 1. The predicted octanol–water partition coefficient (Wildman–Crippen LogP) is 4.85. The van der Waals surface area contributed by atoms with Crippen LogP contribution in [0.1, 0.15) is 16.7 Å². The standard InChI is InChI=1S/C30H28N4O3S2/c35-30(34(22-25-15-8-3-9-16-25)20-19-23-11-4-1-5-12-23)27(21-24-13-6-2-7-14-24)33-39(36,37)28-18-10-17-26-29(28)32-38-31-26/h1-18,27,33H,19-22H2. The zero-order valence-corrected chi connectivity index (χ0v) is 22.8.